The summed E-state index contributed by atoms with van der Waals surface area (Å²) in [6.07, 6.45) is 6.91. The van der Waals surface area contributed by atoms with E-state index in [0.717, 1.165) is 28.5 Å². The molecule has 3 aromatic rings. The first-order valence-electron chi connectivity index (χ1n) is 6.57. The van der Waals surface area contributed by atoms with Crippen LogP contribution in [0.25, 0.3) is 17.1 Å². The van der Waals surface area contributed by atoms with Crippen molar-refractivity contribution < 1.29 is 4.42 Å². The van der Waals surface area contributed by atoms with E-state index in [9.17, 15) is 0 Å². The smallest absolute Gasteiger partial charge is 0.166 e. The van der Waals surface area contributed by atoms with E-state index < -0.39 is 0 Å². The third-order valence-corrected chi connectivity index (χ3v) is 3.14. The summed E-state index contributed by atoms with van der Waals surface area (Å²) in [4.78, 5) is 8.77. The molecule has 0 N–H and O–H groups in total. The van der Waals surface area contributed by atoms with E-state index in [2.05, 4.69) is 28.9 Å². The molecule has 0 radical (unpaired) electrons. The van der Waals surface area contributed by atoms with Gasteiger partial charge in [0.15, 0.2) is 11.6 Å². The van der Waals surface area contributed by atoms with Crippen LogP contribution in [0.1, 0.15) is 31.2 Å². The maximum absolute atomic E-state index is 5.17. The minimum Gasteiger partial charge on any atom is -0.472 e. The minimum atomic E-state index is 0.268. The zero-order valence-corrected chi connectivity index (χ0v) is 11.7. The van der Waals surface area contributed by atoms with Crippen molar-refractivity contribution >= 4 is 0 Å². The van der Waals surface area contributed by atoms with Gasteiger partial charge in [0, 0.05) is 18.3 Å². The van der Waals surface area contributed by atoms with Gasteiger partial charge in [-0.05, 0) is 24.6 Å². The molecular weight excluding hydrogens is 252 g/mol. The average molecular weight is 268 g/mol. The topological polar surface area (TPSA) is 56.7 Å². The molecule has 0 aliphatic rings. The van der Waals surface area contributed by atoms with Crippen molar-refractivity contribution in [2.24, 2.45) is 0 Å². The predicted octanol–water partition coefficient (Wildman–Crippen LogP) is 3.35. The Hall–Kier alpha value is -2.43. The molecule has 0 fully saturated rings. The van der Waals surface area contributed by atoms with Crippen LogP contribution in [-0.4, -0.2) is 19.7 Å². The van der Waals surface area contributed by atoms with Gasteiger partial charge in [-0.25, -0.2) is 9.67 Å². The fraction of sp³-hybridized carbons (Fsp3) is 0.267. The van der Waals surface area contributed by atoms with Crippen molar-refractivity contribution in [2.45, 2.75) is 26.7 Å². The van der Waals surface area contributed by atoms with Crippen LogP contribution in [0.15, 0.2) is 41.5 Å². The summed E-state index contributed by atoms with van der Waals surface area (Å²) >= 11 is 0. The summed E-state index contributed by atoms with van der Waals surface area (Å²) in [7, 11) is 0. The summed E-state index contributed by atoms with van der Waals surface area (Å²) in [5.41, 5.74) is 2.95. The lowest BCUT2D eigenvalue weighted by Gasteiger charge is -2.06. The van der Waals surface area contributed by atoms with Crippen LogP contribution in [-0.2, 0) is 0 Å². The van der Waals surface area contributed by atoms with Crippen molar-refractivity contribution in [3.05, 3.63) is 48.4 Å². The van der Waals surface area contributed by atoms with E-state index in [0.29, 0.717) is 0 Å². The summed E-state index contributed by atoms with van der Waals surface area (Å²) in [5, 5.41) is 4.63. The van der Waals surface area contributed by atoms with Gasteiger partial charge < -0.3 is 4.42 Å². The van der Waals surface area contributed by atoms with Gasteiger partial charge in [0.25, 0.3) is 0 Å². The number of nitrogens with zero attached hydrogens (tertiary/aromatic N) is 4. The minimum absolute atomic E-state index is 0.268. The molecule has 0 amide bonds. The Morgan fingerprint density at radius 2 is 2.10 bits per heavy atom. The van der Waals surface area contributed by atoms with Gasteiger partial charge in [0.2, 0.25) is 0 Å². The van der Waals surface area contributed by atoms with Gasteiger partial charge >= 0.3 is 0 Å². The first-order valence-corrected chi connectivity index (χ1v) is 6.57. The molecule has 0 atom stereocenters. The zero-order chi connectivity index (χ0) is 14.1. The second kappa shape index (κ2) is 4.92. The lowest BCUT2D eigenvalue weighted by molar-refractivity contribution is 0.567. The third kappa shape index (κ3) is 2.11. The highest BCUT2D eigenvalue weighted by Crippen LogP contribution is 2.24. The molecule has 0 saturated carbocycles. The molecule has 0 unspecified atom stereocenters. The Morgan fingerprint density at radius 1 is 1.25 bits per heavy atom. The van der Waals surface area contributed by atoms with E-state index in [-0.39, 0.29) is 5.92 Å². The average Bonchev–Trinajstić information content (AvgIpc) is 3.08. The molecular formula is C15H16N4O. The van der Waals surface area contributed by atoms with Gasteiger partial charge in [-0.3, -0.25) is 4.98 Å². The maximum Gasteiger partial charge on any atom is 0.166 e. The highest BCUT2D eigenvalue weighted by atomic mass is 16.3. The highest BCUT2D eigenvalue weighted by Gasteiger charge is 2.17. The summed E-state index contributed by atoms with van der Waals surface area (Å²) in [5.74, 6) is 1.87. The van der Waals surface area contributed by atoms with E-state index in [1.165, 1.54) is 0 Å². The molecule has 0 aromatic carbocycles. The number of rotatable bonds is 3. The Kier molecular flexibility index (Phi) is 3.10. The number of hydrogen-bond acceptors (Lipinski definition) is 4. The Labute approximate surface area is 117 Å². The summed E-state index contributed by atoms with van der Waals surface area (Å²) < 4.78 is 7.02. The van der Waals surface area contributed by atoms with Crippen molar-refractivity contribution in [3.8, 4) is 17.1 Å². The number of aryl methyl sites for hydroxylation is 1. The van der Waals surface area contributed by atoms with Crippen molar-refractivity contribution in [2.75, 3.05) is 0 Å². The molecule has 0 aliphatic carbocycles. The molecule has 102 valence electrons. The molecule has 5 heteroatoms. The van der Waals surface area contributed by atoms with Crippen molar-refractivity contribution in [1.82, 2.24) is 19.7 Å². The summed E-state index contributed by atoms with van der Waals surface area (Å²) in [6.45, 7) is 6.18. The normalized spacial score (nSPS) is 11.2. The number of aromatic nitrogens is 4. The monoisotopic (exact) mass is 268 g/mol. The molecule has 5 nitrogen and oxygen atoms in total. The van der Waals surface area contributed by atoms with Crippen LogP contribution in [0.5, 0.6) is 0 Å². The highest BCUT2D eigenvalue weighted by molar-refractivity contribution is 5.57. The Bertz CT molecular complexity index is 713. The second-order valence-corrected chi connectivity index (χ2v) is 5.03. The van der Waals surface area contributed by atoms with Crippen LogP contribution in [0.3, 0.4) is 0 Å². The van der Waals surface area contributed by atoms with Crippen LogP contribution in [0.2, 0.25) is 0 Å². The van der Waals surface area contributed by atoms with E-state index in [1.54, 1.807) is 18.7 Å². The second-order valence-electron chi connectivity index (χ2n) is 5.03. The largest absolute Gasteiger partial charge is 0.472 e. The van der Waals surface area contributed by atoms with Crippen LogP contribution in [0.4, 0.5) is 0 Å². The molecule has 0 saturated heterocycles. The zero-order valence-electron chi connectivity index (χ0n) is 11.7. The number of pyridine rings is 1. The molecule has 0 spiro atoms. The van der Waals surface area contributed by atoms with Crippen molar-refractivity contribution in [1.29, 1.82) is 0 Å². The molecule has 0 bridgehead atoms. The fourth-order valence-electron chi connectivity index (χ4n) is 2.02. The van der Waals surface area contributed by atoms with Crippen LogP contribution >= 0.6 is 0 Å². The molecule has 0 aliphatic heterocycles. The van der Waals surface area contributed by atoms with Crippen LogP contribution < -0.4 is 0 Å². The molecule has 20 heavy (non-hydrogen) atoms. The number of hydrogen-bond donors (Lipinski definition) is 0. The van der Waals surface area contributed by atoms with Crippen molar-refractivity contribution in [3.63, 3.8) is 0 Å². The lowest BCUT2D eigenvalue weighted by Crippen LogP contribution is -2.02. The van der Waals surface area contributed by atoms with E-state index in [1.807, 2.05) is 29.9 Å². The Balaban J connectivity index is 2.21. The fourth-order valence-corrected chi connectivity index (χ4v) is 2.02. The summed E-state index contributed by atoms with van der Waals surface area (Å²) in [6, 6.07) is 3.83. The third-order valence-electron chi connectivity index (χ3n) is 3.14. The van der Waals surface area contributed by atoms with E-state index >= 15 is 0 Å². The predicted molar refractivity (Wildman–Crippen MR) is 75.7 cm³/mol. The first kappa shape index (κ1) is 12.6. The first-order chi connectivity index (χ1) is 9.66. The van der Waals surface area contributed by atoms with Gasteiger partial charge in [-0.15, -0.1) is 0 Å². The standard InChI is InChI=1S/C15H16N4O/c1-10(2)14-17-15(12-5-7-20-9-12)19(18-14)13-4-6-16-8-11(13)3/h4-10H,1-3H3. The Morgan fingerprint density at radius 3 is 2.75 bits per heavy atom. The van der Waals surface area contributed by atoms with Gasteiger partial charge in [0.05, 0.1) is 17.5 Å². The van der Waals surface area contributed by atoms with Crippen LogP contribution in [0, 0.1) is 6.92 Å². The number of furan rings is 1. The van der Waals surface area contributed by atoms with Gasteiger partial charge in [-0.1, -0.05) is 13.8 Å². The van der Waals surface area contributed by atoms with E-state index in [4.69, 9.17) is 4.42 Å². The van der Waals surface area contributed by atoms with Gasteiger partial charge in [-0.2, -0.15) is 5.10 Å². The molecule has 3 heterocycles. The maximum atomic E-state index is 5.17. The lowest BCUT2D eigenvalue weighted by atomic mass is 10.2. The SMILES string of the molecule is Cc1cnccc1-n1nc(C(C)C)nc1-c1ccoc1. The molecule has 3 rings (SSSR count). The quantitative estimate of drug-likeness (QED) is 0.731. The van der Waals surface area contributed by atoms with Gasteiger partial charge in [0.1, 0.15) is 6.26 Å². The molecule has 3 aromatic heterocycles.